The van der Waals surface area contributed by atoms with Gasteiger partial charge in [-0.05, 0) is 13.8 Å². The molecular weight excluding hydrogens is 380 g/mol. The van der Waals surface area contributed by atoms with Crippen molar-refractivity contribution in [3.8, 4) is 22.8 Å². The van der Waals surface area contributed by atoms with E-state index in [1.165, 1.54) is 18.2 Å². The van der Waals surface area contributed by atoms with Gasteiger partial charge in [0.1, 0.15) is 22.5 Å². The Morgan fingerprint density at radius 1 is 0.897 bits per heavy atom. The zero-order chi connectivity index (χ0) is 20.8. The summed E-state index contributed by atoms with van der Waals surface area (Å²) in [6.45, 7) is 3.44. The highest BCUT2D eigenvalue weighted by Gasteiger charge is 2.19. The topological polar surface area (TPSA) is 101 Å². The first-order chi connectivity index (χ1) is 14.0. The van der Waals surface area contributed by atoms with Crippen molar-refractivity contribution in [2.24, 2.45) is 0 Å². The molecule has 0 amide bonds. The lowest BCUT2D eigenvalue weighted by molar-refractivity contribution is 0.103. The second-order valence-corrected chi connectivity index (χ2v) is 5.71. The molecule has 0 fully saturated rings. The fraction of sp³-hybridized carbons (Fsp3) is 0.190. The molecule has 0 saturated carbocycles. The summed E-state index contributed by atoms with van der Waals surface area (Å²) in [7, 11) is 0. The molecule has 2 aromatic carbocycles. The third kappa shape index (κ3) is 4.73. The molecule has 8 heteroatoms. The average molecular weight is 398 g/mol. The number of carbonyl (C=O) groups excluding carboxylic acids is 2. The quantitative estimate of drug-likeness (QED) is 0.456. The van der Waals surface area contributed by atoms with Crippen LogP contribution in [0.1, 0.15) is 13.8 Å². The smallest absolute Gasteiger partial charge is 0.456 e. The third-order valence-electron chi connectivity index (χ3n) is 3.75. The Hall–Kier alpha value is -3.81. The van der Waals surface area contributed by atoms with Gasteiger partial charge < -0.3 is 23.4 Å². The Labute approximate surface area is 165 Å². The summed E-state index contributed by atoms with van der Waals surface area (Å²) in [5, 5.41) is 0.00828. The Balaban J connectivity index is 2.14. The fourth-order valence-corrected chi connectivity index (χ4v) is 2.59. The molecule has 0 radical (unpaired) electrons. The van der Waals surface area contributed by atoms with Crippen molar-refractivity contribution >= 4 is 23.3 Å². The molecule has 1 aromatic heterocycles. The van der Waals surface area contributed by atoms with E-state index < -0.39 is 17.7 Å². The van der Waals surface area contributed by atoms with Crippen LogP contribution in [0.2, 0.25) is 0 Å². The summed E-state index contributed by atoms with van der Waals surface area (Å²) in [5.41, 5.74) is 0.306. The largest absolute Gasteiger partial charge is 0.513 e. The van der Waals surface area contributed by atoms with Gasteiger partial charge in [0.15, 0.2) is 11.2 Å². The molecule has 0 aliphatic carbocycles. The molecule has 0 atom stereocenters. The van der Waals surface area contributed by atoms with Crippen molar-refractivity contribution in [1.82, 2.24) is 0 Å². The molecule has 8 nitrogen and oxygen atoms in total. The highest BCUT2D eigenvalue weighted by Crippen LogP contribution is 2.32. The number of hydrogen-bond donors (Lipinski definition) is 0. The molecule has 0 bridgehead atoms. The zero-order valence-electron chi connectivity index (χ0n) is 15.8. The minimum absolute atomic E-state index is 0.00828. The van der Waals surface area contributed by atoms with E-state index >= 15 is 0 Å². The Kier molecular flexibility index (Phi) is 6.13. The average Bonchev–Trinajstić information content (AvgIpc) is 2.68. The maximum atomic E-state index is 12.7. The number of benzene rings is 2. The van der Waals surface area contributed by atoms with Crippen LogP contribution in [0.4, 0.5) is 9.59 Å². The van der Waals surface area contributed by atoms with E-state index in [9.17, 15) is 14.4 Å². The van der Waals surface area contributed by atoms with Crippen molar-refractivity contribution in [2.75, 3.05) is 13.2 Å². The molecular formula is C21H18O8. The van der Waals surface area contributed by atoms with E-state index in [1.807, 2.05) is 6.07 Å². The summed E-state index contributed by atoms with van der Waals surface area (Å²) >= 11 is 0. The predicted octanol–water partition coefficient (Wildman–Crippen LogP) is 4.53. The molecule has 0 saturated heterocycles. The number of hydrogen-bond acceptors (Lipinski definition) is 8. The van der Waals surface area contributed by atoms with Gasteiger partial charge in [0.2, 0.25) is 0 Å². The maximum Gasteiger partial charge on any atom is 0.513 e. The van der Waals surface area contributed by atoms with E-state index in [0.717, 1.165) is 0 Å². The van der Waals surface area contributed by atoms with Crippen LogP contribution in [0.15, 0.2) is 57.7 Å². The van der Waals surface area contributed by atoms with Crippen molar-refractivity contribution in [3.63, 3.8) is 0 Å². The van der Waals surface area contributed by atoms with Gasteiger partial charge in [0.05, 0.1) is 13.2 Å². The maximum absolute atomic E-state index is 12.7. The van der Waals surface area contributed by atoms with Crippen LogP contribution < -0.4 is 14.9 Å². The lowest BCUT2D eigenvalue weighted by Gasteiger charge is -2.11. The minimum Gasteiger partial charge on any atom is -0.456 e. The molecule has 0 spiro atoms. The van der Waals surface area contributed by atoms with Crippen molar-refractivity contribution in [3.05, 3.63) is 58.8 Å². The van der Waals surface area contributed by atoms with E-state index in [-0.39, 0.29) is 35.7 Å². The molecule has 0 aliphatic heterocycles. The van der Waals surface area contributed by atoms with Gasteiger partial charge in [-0.25, -0.2) is 9.59 Å². The van der Waals surface area contributed by atoms with Crippen molar-refractivity contribution in [1.29, 1.82) is 0 Å². The van der Waals surface area contributed by atoms with Gasteiger partial charge in [-0.1, -0.05) is 30.3 Å². The Bertz CT molecular complexity index is 1090. The normalized spacial score (nSPS) is 10.4. The van der Waals surface area contributed by atoms with Crippen LogP contribution in [-0.2, 0) is 9.47 Å². The van der Waals surface area contributed by atoms with Crippen LogP contribution >= 0.6 is 0 Å². The predicted molar refractivity (Wildman–Crippen MR) is 103 cm³/mol. The summed E-state index contributed by atoms with van der Waals surface area (Å²) in [6.07, 6.45) is -1.95. The van der Waals surface area contributed by atoms with E-state index in [0.29, 0.717) is 11.3 Å². The third-order valence-corrected chi connectivity index (χ3v) is 3.75. The van der Waals surface area contributed by atoms with Crippen LogP contribution in [-0.4, -0.2) is 25.5 Å². The van der Waals surface area contributed by atoms with Crippen molar-refractivity contribution in [2.45, 2.75) is 13.8 Å². The van der Waals surface area contributed by atoms with Crippen LogP contribution in [0.3, 0.4) is 0 Å². The number of carbonyl (C=O) groups is 2. The standard InChI is InChI=1S/C21H18O8/c1-3-25-20(23)27-14-10-17-19(18(11-14)29-21(24)26-4-2)15(22)12-16(28-17)13-8-6-5-7-9-13/h5-12H,3-4H2,1-2H3. The molecule has 150 valence electrons. The van der Waals surface area contributed by atoms with Crippen LogP contribution in [0, 0.1) is 0 Å². The second kappa shape index (κ2) is 8.92. The van der Waals surface area contributed by atoms with E-state index in [4.69, 9.17) is 23.4 Å². The number of rotatable bonds is 5. The summed E-state index contributed by atoms with van der Waals surface area (Å²) in [6, 6.07) is 12.8. The van der Waals surface area contributed by atoms with Gasteiger partial charge in [-0.15, -0.1) is 0 Å². The molecule has 0 aliphatic rings. The monoisotopic (exact) mass is 398 g/mol. The summed E-state index contributed by atoms with van der Waals surface area (Å²) in [4.78, 5) is 36.2. The van der Waals surface area contributed by atoms with Gasteiger partial charge in [0, 0.05) is 23.8 Å². The molecule has 0 unspecified atom stereocenters. The van der Waals surface area contributed by atoms with Crippen molar-refractivity contribution < 1.29 is 33.0 Å². The van der Waals surface area contributed by atoms with Gasteiger partial charge in [0.25, 0.3) is 0 Å². The van der Waals surface area contributed by atoms with Crippen LogP contribution in [0.25, 0.3) is 22.3 Å². The lowest BCUT2D eigenvalue weighted by Crippen LogP contribution is -2.14. The first kappa shape index (κ1) is 19.9. The molecule has 1 heterocycles. The SMILES string of the molecule is CCOC(=O)Oc1cc(OC(=O)OCC)c2c(=O)cc(-c3ccccc3)oc2c1. The van der Waals surface area contributed by atoms with E-state index in [2.05, 4.69) is 0 Å². The number of fused-ring (bicyclic) bond motifs is 1. The molecule has 0 N–H and O–H groups in total. The Morgan fingerprint density at radius 3 is 2.21 bits per heavy atom. The molecule has 3 rings (SSSR count). The first-order valence-corrected chi connectivity index (χ1v) is 8.88. The van der Waals surface area contributed by atoms with Gasteiger partial charge >= 0.3 is 12.3 Å². The summed E-state index contributed by atoms with van der Waals surface area (Å²) in [5.74, 6) is 0.121. The first-order valence-electron chi connectivity index (χ1n) is 8.88. The van der Waals surface area contributed by atoms with E-state index in [1.54, 1.807) is 38.1 Å². The zero-order valence-corrected chi connectivity index (χ0v) is 15.8. The van der Waals surface area contributed by atoms with Gasteiger partial charge in [-0.2, -0.15) is 0 Å². The Morgan fingerprint density at radius 2 is 1.55 bits per heavy atom. The minimum atomic E-state index is -1.01. The number of ether oxygens (including phenoxy) is 4. The molecule has 29 heavy (non-hydrogen) atoms. The highest BCUT2D eigenvalue weighted by molar-refractivity contribution is 5.88. The highest BCUT2D eigenvalue weighted by atomic mass is 16.7. The van der Waals surface area contributed by atoms with Crippen LogP contribution in [0.5, 0.6) is 11.5 Å². The fourth-order valence-electron chi connectivity index (χ4n) is 2.59. The second-order valence-electron chi connectivity index (χ2n) is 5.71. The molecule has 3 aromatic rings. The van der Waals surface area contributed by atoms with Gasteiger partial charge in [-0.3, -0.25) is 4.79 Å². The summed E-state index contributed by atoms with van der Waals surface area (Å²) < 4.78 is 25.5. The lowest BCUT2D eigenvalue weighted by atomic mass is 10.1.